The third kappa shape index (κ3) is 2.24. The van der Waals surface area contributed by atoms with E-state index in [4.69, 9.17) is 9.15 Å². The van der Waals surface area contributed by atoms with Gasteiger partial charge in [-0.25, -0.2) is 4.98 Å². The number of hydrogen-bond acceptors (Lipinski definition) is 4. The molecule has 1 saturated carbocycles. The highest BCUT2D eigenvalue weighted by molar-refractivity contribution is 5.63. The predicted octanol–water partition coefficient (Wildman–Crippen LogP) is 3.11. The van der Waals surface area contributed by atoms with Crippen LogP contribution >= 0.6 is 0 Å². The lowest BCUT2D eigenvalue weighted by Crippen LogP contribution is -2.08. The molecule has 0 aliphatic heterocycles. The summed E-state index contributed by atoms with van der Waals surface area (Å²) < 4.78 is 11.0. The van der Waals surface area contributed by atoms with E-state index in [2.05, 4.69) is 4.98 Å². The number of aliphatic hydroxyl groups is 1. The molecule has 1 aliphatic carbocycles. The van der Waals surface area contributed by atoms with E-state index < -0.39 is 0 Å². The Bertz CT molecular complexity index is 573. The van der Waals surface area contributed by atoms with Crippen LogP contribution in [0.4, 0.5) is 0 Å². The second kappa shape index (κ2) is 5.05. The number of aromatic nitrogens is 1. The minimum atomic E-state index is -0.0496. The lowest BCUT2D eigenvalue weighted by atomic mass is 9.85. The van der Waals surface area contributed by atoms with Gasteiger partial charge in [0.2, 0.25) is 0 Å². The van der Waals surface area contributed by atoms with Crippen LogP contribution < -0.4 is 4.74 Å². The molecule has 19 heavy (non-hydrogen) atoms. The highest BCUT2D eigenvalue weighted by Crippen LogP contribution is 2.37. The van der Waals surface area contributed by atoms with Crippen molar-refractivity contribution in [2.24, 2.45) is 0 Å². The molecule has 0 amide bonds. The van der Waals surface area contributed by atoms with Crippen LogP contribution in [0.25, 0.3) is 11.3 Å². The fourth-order valence-corrected chi connectivity index (χ4v) is 2.32. The quantitative estimate of drug-likeness (QED) is 0.916. The van der Waals surface area contributed by atoms with Gasteiger partial charge < -0.3 is 14.3 Å². The summed E-state index contributed by atoms with van der Waals surface area (Å²) in [6, 6.07) is 5.58. The van der Waals surface area contributed by atoms with Crippen LogP contribution in [0.3, 0.4) is 0 Å². The van der Waals surface area contributed by atoms with Gasteiger partial charge in [0.1, 0.15) is 5.75 Å². The van der Waals surface area contributed by atoms with E-state index in [0.717, 1.165) is 35.6 Å². The molecule has 1 heterocycles. The maximum atomic E-state index is 9.46. The van der Waals surface area contributed by atoms with E-state index in [9.17, 15) is 5.11 Å². The minimum absolute atomic E-state index is 0.0496. The Kier molecular flexibility index (Phi) is 3.25. The Morgan fingerprint density at radius 1 is 1.42 bits per heavy atom. The Morgan fingerprint density at radius 2 is 2.26 bits per heavy atom. The third-order valence-corrected chi connectivity index (χ3v) is 3.73. The van der Waals surface area contributed by atoms with Gasteiger partial charge in [-0.1, -0.05) is 6.42 Å². The van der Waals surface area contributed by atoms with E-state index in [0.29, 0.717) is 11.7 Å². The number of rotatable bonds is 4. The summed E-state index contributed by atoms with van der Waals surface area (Å²) in [5.41, 5.74) is 1.66. The zero-order valence-electron chi connectivity index (χ0n) is 10.9. The highest BCUT2D eigenvalue weighted by Gasteiger charge is 2.24. The van der Waals surface area contributed by atoms with Crippen LogP contribution in [0.5, 0.6) is 5.75 Å². The van der Waals surface area contributed by atoms with Gasteiger partial charge in [-0.15, -0.1) is 0 Å². The van der Waals surface area contributed by atoms with Crippen LogP contribution in [-0.4, -0.2) is 17.2 Å². The lowest BCUT2D eigenvalue weighted by molar-refractivity contribution is 0.281. The van der Waals surface area contributed by atoms with E-state index in [-0.39, 0.29) is 6.61 Å². The summed E-state index contributed by atoms with van der Waals surface area (Å²) in [6.45, 7) is -0.0496. The standard InChI is InChI=1S/C15H17NO3/c1-18-12-5-6-13(11(7-12)9-17)14-8-16-15(19-14)10-3-2-4-10/h5-8,10,17H,2-4,9H2,1H3. The molecule has 3 rings (SSSR count). The first kappa shape index (κ1) is 12.2. The molecular weight excluding hydrogens is 242 g/mol. The third-order valence-electron chi connectivity index (χ3n) is 3.73. The summed E-state index contributed by atoms with van der Waals surface area (Å²) >= 11 is 0. The Labute approximate surface area is 112 Å². The number of benzene rings is 1. The SMILES string of the molecule is COc1ccc(-c2cnc(C3CCC3)o2)c(CO)c1. The summed E-state index contributed by atoms with van der Waals surface area (Å²) in [4.78, 5) is 4.35. The number of methoxy groups -OCH3 is 1. The zero-order valence-corrected chi connectivity index (χ0v) is 10.9. The van der Waals surface area contributed by atoms with Gasteiger partial charge in [-0.05, 0) is 36.6 Å². The van der Waals surface area contributed by atoms with E-state index >= 15 is 0 Å². The Balaban J connectivity index is 1.94. The molecule has 4 heteroatoms. The number of nitrogens with zero attached hydrogens (tertiary/aromatic N) is 1. The fraction of sp³-hybridized carbons (Fsp3) is 0.400. The van der Waals surface area contributed by atoms with Gasteiger partial charge in [-0.2, -0.15) is 0 Å². The van der Waals surface area contributed by atoms with Crippen LogP contribution in [-0.2, 0) is 6.61 Å². The van der Waals surface area contributed by atoms with Crippen molar-refractivity contribution < 1.29 is 14.3 Å². The van der Waals surface area contributed by atoms with Crippen molar-refractivity contribution in [2.75, 3.05) is 7.11 Å². The monoisotopic (exact) mass is 259 g/mol. The molecule has 1 aromatic carbocycles. The molecule has 1 aromatic heterocycles. The van der Waals surface area contributed by atoms with Crippen molar-refractivity contribution in [3.8, 4) is 17.1 Å². The maximum Gasteiger partial charge on any atom is 0.198 e. The summed E-state index contributed by atoms with van der Waals surface area (Å²) in [6.07, 6.45) is 5.33. The number of ether oxygens (including phenoxy) is 1. The number of oxazole rings is 1. The highest BCUT2D eigenvalue weighted by atomic mass is 16.5. The van der Waals surface area contributed by atoms with E-state index in [1.54, 1.807) is 13.3 Å². The molecule has 0 bridgehead atoms. The van der Waals surface area contributed by atoms with Crippen LogP contribution in [0.15, 0.2) is 28.8 Å². The number of aliphatic hydroxyl groups excluding tert-OH is 1. The van der Waals surface area contributed by atoms with Gasteiger partial charge in [0.25, 0.3) is 0 Å². The Hall–Kier alpha value is -1.81. The fourth-order valence-electron chi connectivity index (χ4n) is 2.32. The topological polar surface area (TPSA) is 55.5 Å². The van der Waals surface area contributed by atoms with Crippen LogP contribution in [0, 0.1) is 0 Å². The normalized spacial score (nSPS) is 15.3. The van der Waals surface area contributed by atoms with E-state index in [1.807, 2.05) is 18.2 Å². The smallest absolute Gasteiger partial charge is 0.198 e. The van der Waals surface area contributed by atoms with Crippen molar-refractivity contribution in [1.82, 2.24) is 4.98 Å². The van der Waals surface area contributed by atoms with Crippen LogP contribution in [0.1, 0.15) is 36.6 Å². The molecule has 0 radical (unpaired) electrons. The van der Waals surface area contributed by atoms with Crippen molar-refractivity contribution in [3.05, 3.63) is 35.9 Å². The first-order valence-electron chi connectivity index (χ1n) is 6.55. The van der Waals surface area contributed by atoms with Crippen molar-refractivity contribution in [2.45, 2.75) is 31.8 Å². The lowest BCUT2D eigenvalue weighted by Gasteiger charge is -2.21. The molecule has 0 atom stereocenters. The van der Waals surface area contributed by atoms with Gasteiger partial charge in [0.05, 0.1) is 19.9 Å². The molecule has 0 spiro atoms. The second-order valence-electron chi connectivity index (χ2n) is 4.87. The van der Waals surface area contributed by atoms with Crippen molar-refractivity contribution >= 4 is 0 Å². The van der Waals surface area contributed by atoms with Gasteiger partial charge >= 0.3 is 0 Å². The second-order valence-corrected chi connectivity index (χ2v) is 4.87. The van der Waals surface area contributed by atoms with Crippen molar-refractivity contribution in [3.63, 3.8) is 0 Å². The molecule has 0 unspecified atom stereocenters. The molecule has 1 aliphatic rings. The molecule has 1 N–H and O–H groups in total. The molecule has 4 nitrogen and oxygen atoms in total. The van der Waals surface area contributed by atoms with Gasteiger partial charge in [0.15, 0.2) is 11.7 Å². The first-order chi connectivity index (χ1) is 9.31. The summed E-state index contributed by atoms with van der Waals surface area (Å²) in [5, 5.41) is 9.46. The van der Waals surface area contributed by atoms with Crippen molar-refractivity contribution in [1.29, 1.82) is 0 Å². The van der Waals surface area contributed by atoms with Gasteiger partial charge in [-0.3, -0.25) is 0 Å². The maximum absolute atomic E-state index is 9.46. The zero-order chi connectivity index (χ0) is 13.2. The minimum Gasteiger partial charge on any atom is -0.497 e. The summed E-state index contributed by atoms with van der Waals surface area (Å²) in [5.74, 6) is 2.74. The van der Waals surface area contributed by atoms with Gasteiger partial charge in [0, 0.05) is 11.5 Å². The first-order valence-corrected chi connectivity index (χ1v) is 6.55. The summed E-state index contributed by atoms with van der Waals surface area (Å²) in [7, 11) is 1.61. The molecule has 1 fully saturated rings. The molecule has 0 saturated heterocycles. The largest absolute Gasteiger partial charge is 0.497 e. The predicted molar refractivity (Wildman–Crippen MR) is 71.0 cm³/mol. The van der Waals surface area contributed by atoms with E-state index in [1.165, 1.54) is 6.42 Å². The average Bonchev–Trinajstić information content (AvgIpc) is 2.85. The average molecular weight is 259 g/mol. The molecule has 2 aromatic rings. The Morgan fingerprint density at radius 3 is 2.89 bits per heavy atom. The van der Waals surface area contributed by atoms with Crippen LogP contribution in [0.2, 0.25) is 0 Å². The number of hydrogen-bond donors (Lipinski definition) is 1. The molecule has 100 valence electrons. The molecular formula is C15H17NO3.